The SMILES string of the molecule is O=S(=O)(c1ccc(N=C/C(Cl)=C\c2ccccc2)cc1)N1CCOCC1. The predicted octanol–water partition coefficient (Wildman–Crippen LogP) is 3.69. The first kappa shape index (κ1) is 18.8. The number of nitrogens with zero attached hydrogens (tertiary/aromatic N) is 2. The van der Waals surface area contributed by atoms with Crippen molar-refractivity contribution < 1.29 is 13.2 Å². The standard InChI is InChI=1S/C19H19ClN2O3S/c20-17(14-16-4-2-1-3-5-16)15-21-18-6-8-19(9-7-18)26(23,24)22-10-12-25-13-11-22/h1-9,14-15H,10-13H2/b17-14+,21-15?. The quantitative estimate of drug-likeness (QED) is 0.731. The minimum absolute atomic E-state index is 0.254. The summed E-state index contributed by atoms with van der Waals surface area (Å²) in [5.74, 6) is 0. The van der Waals surface area contributed by atoms with Crippen LogP contribution >= 0.6 is 11.6 Å². The topological polar surface area (TPSA) is 59.0 Å². The van der Waals surface area contributed by atoms with Crippen LogP contribution in [0, 0.1) is 0 Å². The van der Waals surface area contributed by atoms with Crippen LogP contribution < -0.4 is 0 Å². The Kier molecular flexibility index (Phi) is 6.21. The minimum Gasteiger partial charge on any atom is -0.379 e. The molecule has 5 nitrogen and oxygen atoms in total. The molecule has 0 unspecified atom stereocenters. The molecule has 0 amide bonds. The molecule has 1 aliphatic rings. The molecule has 136 valence electrons. The summed E-state index contributed by atoms with van der Waals surface area (Å²) in [5, 5.41) is 0.487. The molecule has 2 aromatic rings. The lowest BCUT2D eigenvalue weighted by Gasteiger charge is -2.26. The van der Waals surface area contributed by atoms with Crippen molar-refractivity contribution in [2.45, 2.75) is 4.90 Å². The Bertz CT molecular complexity index is 888. The number of aliphatic imine (C=N–C) groups is 1. The molecule has 7 heteroatoms. The van der Waals surface area contributed by atoms with Crippen molar-refractivity contribution in [3.8, 4) is 0 Å². The number of sulfonamides is 1. The molecular weight excluding hydrogens is 372 g/mol. The van der Waals surface area contributed by atoms with E-state index in [1.165, 1.54) is 4.31 Å². The van der Waals surface area contributed by atoms with Crippen LogP contribution in [0.2, 0.25) is 0 Å². The average Bonchev–Trinajstić information content (AvgIpc) is 2.68. The van der Waals surface area contributed by atoms with Crippen molar-refractivity contribution in [3.05, 3.63) is 65.2 Å². The van der Waals surface area contributed by atoms with Crippen LogP contribution in [0.1, 0.15) is 5.56 Å². The first-order chi connectivity index (χ1) is 12.6. The third-order valence-corrected chi connectivity index (χ3v) is 6.01. The van der Waals surface area contributed by atoms with Gasteiger partial charge in [0.2, 0.25) is 10.0 Å². The molecule has 0 bridgehead atoms. The number of halogens is 1. The molecule has 0 atom stereocenters. The van der Waals surface area contributed by atoms with Crippen molar-refractivity contribution in [2.24, 2.45) is 4.99 Å². The normalized spacial score (nSPS) is 16.9. The van der Waals surface area contributed by atoms with Gasteiger partial charge in [-0.25, -0.2) is 8.42 Å². The van der Waals surface area contributed by atoms with Gasteiger partial charge in [0.15, 0.2) is 0 Å². The van der Waals surface area contributed by atoms with Crippen LogP contribution in [0.5, 0.6) is 0 Å². The zero-order chi connectivity index (χ0) is 18.4. The summed E-state index contributed by atoms with van der Waals surface area (Å²) in [7, 11) is -3.49. The van der Waals surface area contributed by atoms with Crippen molar-refractivity contribution >= 4 is 39.6 Å². The summed E-state index contributed by atoms with van der Waals surface area (Å²) in [6.45, 7) is 1.60. The highest BCUT2D eigenvalue weighted by molar-refractivity contribution is 7.89. The molecule has 1 saturated heterocycles. The molecule has 3 rings (SSSR count). The summed E-state index contributed by atoms with van der Waals surface area (Å²) in [6.07, 6.45) is 3.35. The molecule has 0 N–H and O–H groups in total. The van der Waals surface area contributed by atoms with Gasteiger partial charge in [0, 0.05) is 19.3 Å². The maximum atomic E-state index is 12.6. The van der Waals surface area contributed by atoms with Gasteiger partial charge in [0.25, 0.3) is 0 Å². The number of hydrogen-bond acceptors (Lipinski definition) is 4. The van der Waals surface area contributed by atoms with Gasteiger partial charge in [0.05, 0.1) is 28.8 Å². The van der Waals surface area contributed by atoms with Crippen LogP contribution in [0.15, 0.2) is 69.5 Å². The molecule has 0 saturated carbocycles. The molecule has 1 aliphatic heterocycles. The zero-order valence-electron chi connectivity index (χ0n) is 14.1. The lowest BCUT2D eigenvalue weighted by Crippen LogP contribution is -2.40. The highest BCUT2D eigenvalue weighted by Crippen LogP contribution is 2.21. The van der Waals surface area contributed by atoms with Crippen molar-refractivity contribution in [3.63, 3.8) is 0 Å². The van der Waals surface area contributed by atoms with E-state index in [9.17, 15) is 8.42 Å². The van der Waals surface area contributed by atoms with Crippen LogP contribution in [-0.2, 0) is 14.8 Å². The largest absolute Gasteiger partial charge is 0.379 e. The fourth-order valence-corrected chi connectivity index (χ4v) is 4.10. The molecule has 26 heavy (non-hydrogen) atoms. The Morgan fingerprint density at radius 3 is 2.35 bits per heavy atom. The van der Waals surface area contributed by atoms with E-state index in [2.05, 4.69) is 4.99 Å². The van der Waals surface area contributed by atoms with E-state index >= 15 is 0 Å². The molecule has 0 aromatic heterocycles. The number of benzene rings is 2. The van der Waals surface area contributed by atoms with Crippen molar-refractivity contribution in [1.82, 2.24) is 4.31 Å². The lowest BCUT2D eigenvalue weighted by atomic mass is 10.2. The van der Waals surface area contributed by atoms with E-state index in [4.69, 9.17) is 16.3 Å². The summed E-state index contributed by atoms with van der Waals surface area (Å²) in [4.78, 5) is 4.54. The van der Waals surface area contributed by atoms with Gasteiger partial charge in [-0.1, -0.05) is 41.9 Å². The number of morpholine rings is 1. The molecule has 0 aliphatic carbocycles. The maximum Gasteiger partial charge on any atom is 0.243 e. The Morgan fingerprint density at radius 1 is 1.04 bits per heavy atom. The number of allylic oxidation sites excluding steroid dienone is 1. The van der Waals surface area contributed by atoms with E-state index in [1.807, 2.05) is 36.4 Å². The third kappa shape index (κ3) is 4.80. The fraction of sp³-hybridized carbons (Fsp3) is 0.211. The monoisotopic (exact) mass is 390 g/mol. The second-order valence-electron chi connectivity index (χ2n) is 5.71. The Labute approximate surface area is 158 Å². The molecule has 2 aromatic carbocycles. The fourth-order valence-electron chi connectivity index (χ4n) is 2.52. The average molecular weight is 391 g/mol. The summed E-state index contributed by atoms with van der Waals surface area (Å²) in [6, 6.07) is 16.1. The van der Waals surface area contributed by atoms with Gasteiger partial charge in [-0.3, -0.25) is 4.99 Å². The van der Waals surface area contributed by atoms with Crippen molar-refractivity contribution in [1.29, 1.82) is 0 Å². The first-order valence-corrected chi connectivity index (χ1v) is 10.0. The Balaban J connectivity index is 1.70. The summed E-state index contributed by atoms with van der Waals surface area (Å²) >= 11 is 6.17. The van der Waals surface area contributed by atoms with Gasteiger partial charge in [0.1, 0.15) is 0 Å². The van der Waals surface area contributed by atoms with Crippen LogP contribution in [0.3, 0.4) is 0 Å². The van der Waals surface area contributed by atoms with Gasteiger partial charge >= 0.3 is 0 Å². The molecule has 0 spiro atoms. The number of hydrogen-bond donors (Lipinski definition) is 0. The highest BCUT2D eigenvalue weighted by atomic mass is 35.5. The lowest BCUT2D eigenvalue weighted by molar-refractivity contribution is 0.0730. The molecular formula is C19H19ClN2O3S. The van der Waals surface area contributed by atoms with Crippen LogP contribution in [0.4, 0.5) is 5.69 Å². The summed E-state index contributed by atoms with van der Waals surface area (Å²) in [5.41, 5.74) is 1.61. The van der Waals surface area contributed by atoms with E-state index in [1.54, 1.807) is 30.5 Å². The second-order valence-corrected chi connectivity index (χ2v) is 8.08. The molecule has 1 fully saturated rings. The minimum atomic E-state index is -3.49. The van der Waals surface area contributed by atoms with Gasteiger partial charge in [-0.05, 0) is 35.9 Å². The van der Waals surface area contributed by atoms with Gasteiger partial charge in [-0.15, -0.1) is 0 Å². The maximum absolute atomic E-state index is 12.6. The molecule has 1 heterocycles. The van der Waals surface area contributed by atoms with E-state index in [-0.39, 0.29) is 4.90 Å². The Hall–Kier alpha value is -1.99. The van der Waals surface area contributed by atoms with Crippen molar-refractivity contribution in [2.75, 3.05) is 26.3 Å². The number of rotatable bonds is 5. The smallest absolute Gasteiger partial charge is 0.243 e. The second kappa shape index (κ2) is 8.60. The predicted molar refractivity (Wildman–Crippen MR) is 104 cm³/mol. The van der Waals surface area contributed by atoms with Crippen LogP contribution in [-0.4, -0.2) is 45.2 Å². The van der Waals surface area contributed by atoms with E-state index in [0.717, 1.165) is 5.56 Å². The van der Waals surface area contributed by atoms with E-state index < -0.39 is 10.0 Å². The zero-order valence-corrected chi connectivity index (χ0v) is 15.7. The summed E-state index contributed by atoms with van der Waals surface area (Å²) < 4.78 is 31.8. The van der Waals surface area contributed by atoms with E-state index in [0.29, 0.717) is 37.0 Å². The van der Waals surface area contributed by atoms with Gasteiger partial charge < -0.3 is 4.74 Å². The number of ether oxygens (including phenoxy) is 1. The molecule has 0 radical (unpaired) electrons. The first-order valence-electron chi connectivity index (χ1n) is 8.20. The third-order valence-electron chi connectivity index (χ3n) is 3.89. The Morgan fingerprint density at radius 2 is 1.69 bits per heavy atom. The van der Waals surface area contributed by atoms with Crippen LogP contribution in [0.25, 0.3) is 6.08 Å². The van der Waals surface area contributed by atoms with Gasteiger partial charge in [-0.2, -0.15) is 4.31 Å². The highest BCUT2D eigenvalue weighted by Gasteiger charge is 2.25.